The van der Waals surface area contributed by atoms with Crippen molar-refractivity contribution in [2.45, 2.75) is 33.2 Å². The lowest BCUT2D eigenvalue weighted by atomic mass is 10.2. The number of pyridine rings is 1. The zero-order chi connectivity index (χ0) is 13.2. The molecule has 0 fully saturated rings. The lowest BCUT2D eigenvalue weighted by Crippen LogP contribution is -2.44. The predicted octanol–water partition coefficient (Wildman–Crippen LogP) is 1.52. The largest absolute Gasteiger partial charge is 0.338 e. The Kier molecular flexibility index (Phi) is 6.79. The van der Waals surface area contributed by atoms with Crippen LogP contribution in [0.1, 0.15) is 32.3 Å². The van der Waals surface area contributed by atoms with Crippen molar-refractivity contribution in [3.63, 3.8) is 0 Å². The zero-order valence-corrected chi connectivity index (χ0v) is 11.3. The lowest BCUT2D eigenvalue weighted by Gasteiger charge is -2.24. The van der Waals surface area contributed by atoms with E-state index in [9.17, 15) is 0 Å². The fourth-order valence-electron chi connectivity index (χ4n) is 1.63. The minimum Gasteiger partial charge on any atom is -0.338 e. The van der Waals surface area contributed by atoms with Crippen molar-refractivity contribution >= 4 is 5.96 Å². The topological polar surface area (TPSA) is 66.5 Å². The van der Waals surface area contributed by atoms with Crippen LogP contribution in [0, 0.1) is 0 Å². The molecule has 1 aromatic rings. The van der Waals surface area contributed by atoms with Gasteiger partial charge in [-0.1, -0.05) is 13.3 Å². The van der Waals surface area contributed by atoms with Gasteiger partial charge in [0.05, 0.1) is 0 Å². The molecule has 0 aliphatic rings. The van der Waals surface area contributed by atoms with Crippen molar-refractivity contribution in [3.05, 3.63) is 30.1 Å². The standard InChI is InChI=1S/C13H23N5/c1-3-5-8-16-13(17-14)18(4-2)11-12-6-9-15-10-7-12/h6-7,9-10H,3-5,8,11,14H2,1-2H3,(H,16,17). The molecular weight excluding hydrogens is 226 g/mol. The number of aliphatic imine (C=N–C) groups is 1. The molecule has 0 aliphatic carbocycles. The van der Waals surface area contributed by atoms with Gasteiger partial charge in [0.25, 0.3) is 0 Å². The van der Waals surface area contributed by atoms with E-state index in [1.807, 2.05) is 12.1 Å². The number of hydrogen-bond donors (Lipinski definition) is 2. The second-order valence-corrected chi connectivity index (χ2v) is 4.07. The first-order chi connectivity index (χ1) is 8.81. The Bertz CT molecular complexity index is 350. The van der Waals surface area contributed by atoms with Crippen molar-refractivity contribution in [2.75, 3.05) is 13.1 Å². The molecule has 100 valence electrons. The third-order valence-corrected chi connectivity index (χ3v) is 2.71. The molecule has 1 rings (SSSR count). The molecule has 0 atom stereocenters. The number of rotatable bonds is 6. The summed E-state index contributed by atoms with van der Waals surface area (Å²) in [6.45, 7) is 6.70. The SMILES string of the molecule is CCCCN=C(NN)N(CC)Cc1ccncc1. The van der Waals surface area contributed by atoms with Gasteiger partial charge in [-0.3, -0.25) is 15.4 Å². The van der Waals surface area contributed by atoms with Gasteiger partial charge in [0.2, 0.25) is 5.96 Å². The van der Waals surface area contributed by atoms with Gasteiger partial charge in [-0.15, -0.1) is 0 Å². The molecule has 5 heteroatoms. The van der Waals surface area contributed by atoms with E-state index in [0.29, 0.717) is 0 Å². The highest BCUT2D eigenvalue weighted by Gasteiger charge is 2.08. The first kappa shape index (κ1) is 14.4. The highest BCUT2D eigenvalue weighted by molar-refractivity contribution is 5.79. The van der Waals surface area contributed by atoms with Gasteiger partial charge in [0.1, 0.15) is 0 Å². The fourth-order valence-corrected chi connectivity index (χ4v) is 1.63. The van der Waals surface area contributed by atoms with Gasteiger partial charge in [0.15, 0.2) is 0 Å². The van der Waals surface area contributed by atoms with Crippen LogP contribution in [0.4, 0.5) is 0 Å². The zero-order valence-electron chi connectivity index (χ0n) is 11.3. The van der Waals surface area contributed by atoms with Crippen molar-refractivity contribution in [3.8, 4) is 0 Å². The summed E-state index contributed by atoms with van der Waals surface area (Å²) >= 11 is 0. The van der Waals surface area contributed by atoms with E-state index < -0.39 is 0 Å². The average Bonchev–Trinajstić information content (AvgIpc) is 2.43. The number of nitrogens with one attached hydrogen (secondary N) is 1. The lowest BCUT2D eigenvalue weighted by molar-refractivity contribution is 0.416. The van der Waals surface area contributed by atoms with E-state index in [4.69, 9.17) is 5.84 Å². The molecule has 0 aromatic carbocycles. The maximum Gasteiger partial charge on any atom is 0.208 e. The molecule has 0 bridgehead atoms. The molecule has 3 N–H and O–H groups in total. The number of guanidine groups is 1. The first-order valence-corrected chi connectivity index (χ1v) is 6.46. The average molecular weight is 249 g/mol. The maximum atomic E-state index is 5.55. The summed E-state index contributed by atoms with van der Waals surface area (Å²) in [4.78, 5) is 10.6. The summed E-state index contributed by atoms with van der Waals surface area (Å²) in [7, 11) is 0. The van der Waals surface area contributed by atoms with Crippen molar-refractivity contribution < 1.29 is 0 Å². The summed E-state index contributed by atoms with van der Waals surface area (Å²) in [6, 6.07) is 4.01. The molecule has 18 heavy (non-hydrogen) atoms. The fraction of sp³-hybridized carbons (Fsp3) is 0.538. The molecule has 0 unspecified atom stereocenters. The predicted molar refractivity (Wildman–Crippen MR) is 74.9 cm³/mol. The Morgan fingerprint density at radius 1 is 1.39 bits per heavy atom. The summed E-state index contributed by atoms with van der Waals surface area (Å²) in [5, 5.41) is 0. The van der Waals surface area contributed by atoms with E-state index in [1.54, 1.807) is 12.4 Å². The van der Waals surface area contributed by atoms with Crippen molar-refractivity contribution in [2.24, 2.45) is 10.8 Å². The number of hydrogen-bond acceptors (Lipinski definition) is 3. The summed E-state index contributed by atoms with van der Waals surface area (Å²) < 4.78 is 0. The summed E-state index contributed by atoms with van der Waals surface area (Å²) in [6.07, 6.45) is 5.82. The third kappa shape index (κ3) is 4.71. The monoisotopic (exact) mass is 249 g/mol. The van der Waals surface area contributed by atoms with E-state index in [-0.39, 0.29) is 0 Å². The van der Waals surface area contributed by atoms with Crippen LogP contribution in [0.15, 0.2) is 29.5 Å². The van der Waals surface area contributed by atoms with Crippen LogP contribution in [-0.4, -0.2) is 28.9 Å². The van der Waals surface area contributed by atoms with Crippen LogP contribution < -0.4 is 11.3 Å². The van der Waals surface area contributed by atoms with Crippen molar-refractivity contribution in [1.82, 2.24) is 15.3 Å². The highest BCUT2D eigenvalue weighted by atomic mass is 15.4. The van der Waals surface area contributed by atoms with Crippen LogP contribution in [0.2, 0.25) is 0 Å². The number of unbranched alkanes of at least 4 members (excludes halogenated alkanes) is 1. The van der Waals surface area contributed by atoms with E-state index in [1.165, 1.54) is 5.56 Å². The quantitative estimate of drug-likeness (QED) is 0.264. The van der Waals surface area contributed by atoms with Crippen molar-refractivity contribution in [1.29, 1.82) is 0 Å². The Labute approximate surface area is 109 Å². The molecule has 0 spiro atoms. The van der Waals surface area contributed by atoms with E-state index in [2.05, 4.69) is 34.1 Å². The summed E-state index contributed by atoms with van der Waals surface area (Å²) in [5.41, 5.74) is 3.89. The van der Waals surface area contributed by atoms with Gasteiger partial charge in [-0.25, -0.2) is 5.84 Å². The molecule has 0 saturated heterocycles. The molecule has 5 nitrogen and oxygen atoms in total. The highest BCUT2D eigenvalue weighted by Crippen LogP contribution is 2.03. The van der Waals surface area contributed by atoms with E-state index >= 15 is 0 Å². The Morgan fingerprint density at radius 3 is 2.67 bits per heavy atom. The number of nitrogens with zero attached hydrogens (tertiary/aromatic N) is 3. The van der Waals surface area contributed by atoms with Crippen LogP contribution in [0.5, 0.6) is 0 Å². The molecule has 1 heterocycles. The minimum absolute atomic E-state index is 0.753. The third-order valence-electron chi connectivity index (χ3n) is 2.71. The Balaban J connectivity index is 2.65. The van der Waals surface area contributed by atoms with E-state index in [0.717, 1.165) is 38.4 Å². The molecular formula is C13H23N5. The molecule has 0 saturated carbocycles. The molecule has 0 amide bonds. The van der Waals surface area contributed by atoms with Crippen LogP contribution in [0.25, 0.3) is 0 Å². The normalized spacial score (nSPS) is 11.4. The molecule has 0 radical (unpaired) electrons. The van der Waals surface area contributed by atoms with Gasteiger partial charge < -0.3 is 4.90 Å². The van der Waals surface area contributed by atoms with Gasteiger partial charge in [-0.05, 0) is 31.0 Å². The number of aromatic nitrogens is 1. The maximum absolute atomic E-state index is 5.55. The minimum atomic E-state index is 0.753. The van der Waals surface area contributed by atoms with Gasteiger partial charge in [-0.2, -0.15) is 0 Å². The summed E-state index contributed by atoms with van der Waals surface area (Å²) in [5.74, 6) is 6.30. The number of hydrazine groups is 1. The Morgan fingerprint density at radius 2 is 2.11 bits per heavy atom. The Hall–Kier alpha value is -1.62. The van der Waals surface area contributed by atoms with Crippen LogP contribution in [-0.2, 0) is 6.54 Å². The molecule has 1 aromatic heterocycles. The smallest absolute Gasteiger partial charge is 0.208 e. The first-order valence-electron chi connectivity index (χ1n) is 6.46. The second-order valence-electron chi connectivity index (χ2n) is 4.07. The second kappa shape index (κ2) is 8.47. The van der Waals surface area contributed by atoms with Gasteiger partial charge >= 0.3 is 0 Å². The van der Waals surface area contributed by atoms with Gasteiger partial charge in [0, 0.05) is 32.0 Å². The number of nitrogens with two attached hydrogens (primary N) is 1. The van der Waals surface area contributed by atoms with Crippen LogP contribution >= 0.6 is 0 Å². The molecule has 0 aliphatic heterocycles. The van der Waals surface area contributed by atoms with Crippen LogP contribution in [0.3, 0.4) is 0 Å².